The number of nitrogens with one attached hydrogen (secondary N) is 2. The summed E-state index contributed by atoms with van der Waals surface area (Å²) in [5.74, 6) is -0.770. The van der Waals surface area contributed by atoms with Crippen LogP contribution in [0.5, 0.6) is 0 Å². The average molecular weight is 508 g/mol. The van der Waals surface area contributed by atoms with E-state index < -0.39 is 21.7 Å². The number of rotatable bonds is 8. The Morgan fingerprint density at radius 3 is 2.26 bits per heavy atom. The summed E-state index contributed by atoms with van der Waals surface area (Å²) in [5.41, 5.74) is 1.22. The quantitative estimate of drug-likeness (QED) is 0.268. The van der Waals surface area contributed by atoms with Crippen LogP contribution in [0.3, 0.4) is 0 Å². The zero-order chi connectivity index (χ0) is 24.8. The van der Waals surface area contributed by atoms with Gasteiger partial charge in [-0.05, 0) is 24.3 Å². The van der Waals surface area contributed by atoms with Crippen molar-refractivity contribution < 1.29 is 22.7 Å². The summed E-state index contributed by atoms with van der Waals surface area (Å²) >= 11 is 0.982. The van der Waals surface area contributed by atoms with E-state index in [1.165, 1.54) is 19.2 Å². The van der Waals surface area contributed by atoms with Crippen molar-refractivity contribution in [3.8, 4) is 11.4 Å². The summed E-state index contributed by atoms with van der Waals surface area (Å²) in [6, 6.07) is 23.6. The summed E-state index contributed by atoms with van der Waals surface area (Å²) in [7, 11) is -2.66. The number of sulfone groups is 1. The van der Waals surface area contributed by atoms with E-state index in [-0.39, 0.29) is 26.3 Å². The van der Waals surface area contributed by atoms with E-state index in [1.807, 2.05) is 30.3 Å². The molecule has 8 nitrogen and oxygen atoms in total. The number of methoxy groups -OCH3 is 1. The molecule has 0 radical (unpaired) electrons. The molecule has 0 fully saturated rings. The van der Waals surface area contributed by atoms with E-state index in [9.17, 15) is 18.0 Å². The highest BCUT2D eigenvalue weighted by atomic mass is 32.2. The largest absolute Gasteiger partial charge is 0.465 e. The molecule has 178 valence electrons. The van der Waals surface area contributed by atoms with Crippen molar-refractivity contribution in [3.63, 3.8) is 0 Å². The monoisotopic (exact) mass is 507 g/mol. The number of anilines is 1. The second kappa shape index (κ2) is 10.6. The van der Waals surface area contributed by atoms with Crippen molar-refractivity contribution in [1.29, 1.82) is 0 Å². The van der Waals surface area contributed by atoms with E-state index in [0.29, 0.717) is 17.1 Å². The van der Waals surface area contributed by atoms with Crippen molar-refractivity contribution in [1.82, 2.24) is 9.97 Å². The number of nitrogens with zero attached hydrogens (tertiary/aromatic N) is 1. The number of aromatic nitrogens is 2. The molecule has 1 aromatic heterocycles. The zero-order valence-electron chi connectivity index (χ0n) is 18.6. The van der Waals surface area contributed by atoms with Crippen LogP contribution in [0.15, 0.2) is 99.9 Å². The lowest BCUT2D eigenvalue weighted by atomic mass is 10.2. The highest BCUT2D eigenvalue weighted by Gasteiger charge is 2.27. The van der Waals surface area contributed by atoms with Gasteiger partial charge < -0.3 is 15.0 Å². The number of aromatic amines is 1. The van der Waals surface area contributed by atoms with E-state index in [4.69, 9.17) is 4.74 Å². The third kappa shape index (κ3) is 5.44. The molecular formula is C25H21N3O5S2. The number of esters is 1. The fourth-order valence-corrected chi connectivity index (χ4v) is 5.71. The molecule has 1 amide bonds. The predicted molar refractivity (Wildman–Crippen MR) is 133 cm³/mol. The Bertz CT molecular complexity index is 1450. The number of benzene rings is 3. The van der Waals surface area contributed by atoms with Crippen molar-refractivity contribution >= 4 is 39.2 Å². The van der Waals surface area contributed by atoms with Crippen molar-refractivity contribution in [2.45, 2.75) is 14.9 Å². The van der Waals surface area contributed by atoms with Crippen LogP contribution < -0.4 is 5.32 Å². The first-order valence-electron chi connectivity index (χ1n) is 10.5. The summed E-state index contributed by atoms with van der Waals surface area (Å²) in [4.78, 5) is 32.2. The minimum atomic E-state index is -3.92. The normalized spacial score (nSPS) is 11.1. The van der Waals surface area contributed by atoms with Crippen molar-refractivity contribution in [2.24, 2.45) is 0 Å². The zero-order valence-corrected chi connectivity index (χ0v) is 20.2. The molecule has 0 aliphatic heterocycles. The molecule has 4 rings (SSSR count). The number of ether oxygens (including phenoxy) is 1. The van der Waals surface area contributed by atoms with Crippen molar-refractivity contribution in [3.05, 3.63) is 90.5 Å². The lowest BCUT2D eigenvalue weighted by Crippen LogP contribution is -2.17. The van der Waals surface area contributed by atoms with Crippen molar-refractivity contribution in [2.75, 3.05) is 18.2 Å². The molecule has 0 saturated carbocycles. The Labute approximate surface area is 206 Å². The highest BCUT2D eigenvalue weighted by molar-refractivity contribution is 8.00. The van der Waals surface area contributed by atoms with E-state index >= 15 is 0 Å². The van der Waals surface area contributed by atoms with E-state index in [1.54, 1.807) is 42.5 Å². The molecule has 3 aromatic carbocycles. The van der Waals surface area contributed by atoms with Gasteiger partial charge in [0.05, 0.1) is 29.0 Å². The van der Waals surface area contributed by atoms with Gasteiger partial charge in [-0.1, -0.05) is 72.4 Å². The second-order valence-corrected chi connectivity index (χ2v) is 10.1. The molecule has 4 aromatic rings. The molecule has 35 heavy (non-hydrogen) atoms. The number of carbonyl (C=O) groups excluding carboxylic acids is 2. The molecule has 0 aliphatic rings. The maximum Gasteiger partial charge on any atom is 0.339 e. The van der Waals surface area contributed by atoms with Crippen LogP contribution >= 0.6 is 11.8 Å². The van der Waals surface area contributed by atoms with E-state index in [2.05, 4.69) is 15.3 Å². The fraction of sp³-hybridized carbons (Fsp3) is 0.0800. The number of para-hydroxylation sites is 1. The standard InChI is InChI=1S/C25H21N3O5S2/c1-33-25(30)19-14-8-9-15-20(19)26-21(29)16-34-23-24(35(31,32)18-12-6-3-7-13-18)28-22(27-23)17-10-4-2-5-11-17/h2-15H,16H2,1H3,(H,26,29)(H,27,28). The van der Waals surface area contributed by atoms with Crippen LogP contribution in [0.2, 0.25) is 0 Å². The first kappa shape index (κ1) is 24.2. The van der Waals surface area contributed by atoms with Gasteiger partial charge in [-0.3, -0.25) is 4.79 Å². The minimum absolute atomic E-state index is 0.0877. The van der Waals surface area contributed by atoms with Crippen LogP contribution in [0.25, 0.3) is 11.4 Å². The molecule has 0 spiro atoms. The SMILES string of the molecule is COC(=O)c1ccccc1NC(=O)CSc1nc(-c2ccccc2)[nH]c1S(=O)(=O)c1ccccc1. The molecule has 2 N–H and O–H groups in total. The summed E-state index contributed by atoms with van der Waals surface area (Å²) < 4.78 is 31.5. The van der Waals surface area contributed by atoms with Crippen LogP contribution in [-0.2, 0) is 19.4 Å². The average Bonchev–Trinajstić information content (AvgIpc) is 3.34. The summed E-state index contributed by atoms with van der Waals surface area (Å²) in [5, 5.41) is 2.76. The van der Waals surface area contributed by atoms with Crippen LogP contribution in [-0.4, -0.2) is 43.1 Å². The Morgan fingerprint density at radius 1 is 0.943 bits per heavy atom. The van der Waals surface area contributed by atoms with Gasteiger partial charge in [0.1, 0.15) is 10.9 Å². The molecule has 10 heteroatoms. The fourth-order valence-electron chi connectivity index (χ4n) is 3.27. The third-order valence-electron chi connectivity index (χ3n) is 4.96. The smallest absolute Gasteiger partial charge is 0.339 e. The molecule has 0 bridgehead atoms. The number of hydrogen-bond donors (Lipinski definition) is 2. The predicted octanol–water partition coefficient (Wildman–Crippen LogP) is 4.43. The summed E-state index contributed by atoms with van der Waals surface area (Å²) in [6.07, 6.45) is 0. The molecule has 1 heterocycles. The van der Waals surface area contributed by atoms with Gasteiger partial charge in [0.2, 0.25) is 15.7 Å². The minimum Gasteiger partial charge on any atom is -0.465 e. The van der Waals surface area contributed by atoms with Crippen LogP contribution in [0.4, 0.5) is 5.69 Å². The Morgan fingerprint density at radius 2 is 1.57 bits per heavy atom. The molecule has 0 unspecified atom stereocenters. The lowest BCUT2D eigenvalue weighted by Gasteiger charge is -2.09. The van der Waals surface area contributed by atoms with Gasteiger partial charge in [-0.2, -0.15) is 0 Å². The van der Waals surface area contributed by atoms with Crippen LogP contribution in [0.1, 0.15) is 10.4 Å². The van der Waals surface area contributed by atoms with Gasteiger partial charge >= 0.3 is 5.97 Å². The topological polar surface area (TPSA) is 118 Å². The highest BCUT2D eigenvalue weighted by Crippen LogP contribution is 2.32. The number of hydrogen-bond acceptors (Lipinski definition) is 7. The van der Waals surface area contributed by atoms with Gasteiger partial charge in [0.15, 0.2) is 5.03 Å². The Hall–Kier alpha value is -3.89. The molecule has 0 atom stereocenters. The third-order valence-corrected chi connectivity index (χ3v) is 7.79. The Kier molecular flexibility index (Phi) is 7.33. The van der Waals surface area contributed by atoms with Gasteiger partial charge in [0, 0.05) is 5.56 Å². The molecule has 0 aliphatic carbocycles. The molecule has 0 saturated heterocycles. The number of H-pyrrole nitrogens is 1. The maximum atomic E-state index is 13.4. The lowest BCUT2D eigenvalue weighted by molar-refractivity contribution is -0.113. The number of amides is 1. The van der Waals surface area contributed by atoms with Gasteiger partial charge in [0.25, 0.3) is 0 Å². The number of carbonyl (C=O) groups is 2. The molecular weight excluding hydrogens is 486 g/mol. The van der Waals surface area contributed by atoms with Crippen LogP contribution in [0, 0.1) is 0 Å². The number of imidazole rings is 1. The summed E-state index contributed by atoms with van der Waals surface area (Å²) in [6.45, 7) is 0. The van der Waals surface area contributed by atoms with Gasteiger partial charge in [-0.25, -0.2) is 18.2 Å². The van der Waals surface area contributed by atoms with E-state index in [0.717, 1.165) is 11.8 Å². The maximum absolute atomic E-state index is 13.4. The first-order chi connectivity index (χ1) is 16.9. The Balaban J connectivity index is 1.61. The van der Waals surface area contributed by atoms with Gasteiger partial charge in [-0.15, -0.1) is 0 Å². The first-order valence-corrected chi connectivity index (χ1v) is 12.9. The second-order valence-electron chi connectivity index (χ2n) is 7.28. The number of thioether (sulfide) groups is 1.